The van der Waals surface area contributed by atoms with E-state index in [0.717, 1.165) is 17.4 Å². The Morgan fingerprint density at radius 3 is 2.81 bits per heavy atom. The molecule has 0 saturated carbocycles. The molecule has 0 unspecified atom stereocenters. The Kier molecular flexibility index (Phi) is 4.58. The zero-order chi connectivity index (χ0) is 12.0. The zero-order valence-corrected chi connectivity index (χ0v) is 9.40. The molecule has 0 bridgehead atoms. The summed E-state index contributed by atoms with van der Waals surface area (Å²) in [6, 6.07) is 1.75. The Labute approximate surface area is 94.5 Å². The number of carbonyl (C=O) groups is 1. The van der Waals surface area contributed by atoms with Crippen LogP contribution < -0.4 is 0 Å². The van der Waals surface area contributed by atoms with Crippen LogP contribution in [-0.4, -0.2) is 11.3 Å². The molecule has 0 radical (unpaired) electrons. The molecule has 84 valence electrons. The Morgan fingerprint density at radius 2 is 2.25 bits per heavy atom. The molecule has 0 aliphatic rings. The second-order valence-electron chi connectivity index (χ2n) is 3.52. The van der Waals surface area contributed by atoms with Gasteiger partial charge in [0.05, 0.1) is 5.83 Å². The van der Waals surface area contributed by atoms with Gasteiger partial charge in [-0.2, -0.15) is 0 Å². The molecule has 1 aromatic rings. The first kappa shape index (κ1) is 12.3. The van der Waals surface area contributed by atoms with Crippen LogP contribution in [-0.2, 0) is 6.42 Å². The topological polar surface area (TPSA) is 30.0 Å². The molecule has 1 rings (SSSR count). The number of nitrogens with zero attached hydrogens (tertiary/aromatic N) is 1. The molecule has 1 aromatic heterocycles. The van der Waals surface area contributed by atoms with Gasteiger partial charge < -0.3 is 0 Å². The summed E-state index contributed by atoms with van der Waals surface area (Å²) in [6.45, 7) is 3.26. The first-order valence-corrected chi connectivity index (χ1v) is 5.03. The van der Waals surface area contributed by atoms with Gasteiger partial charge in [-0.3, -0.25) is 9.78 Å². The maximum Gasteiger partial charge on any atom is 0.151 e. The molecular weight excluding hydrogens is 205 g/mol. The number of aldehydes is 1. The molecule has 2 nitrogen and oxygen atoms in total. The van der Waals surface area contributed by atoms with Crippen LogP contribution in [0.15, 0.2) is 42.0 Å². The summed E-state index contributed by atoms with van der Waals surface area (Å²) in [5.74, 6) is -0.229. The van der Waals surface area contributed by atoms with E-state index in [9.17, 15) is 9.18 Å². The molecule has 16 heavy (non-hydrogen) atoms. The molecule has 0 aromatic carbocycles. The van der Waals surface area contributed by atoms with Crippen LogP contribution in [0.3, 0.4) is 0 Å². The van der Waals surface area contributed by atoms with Crippen LogP contribution in [0.5, 0.6) is 0 Å². The number of rotatable bonds is 4. The summed E-state index contributed by atoms with van der Waals surface area (Å²) in [5, 5.41) is 0. The minimum atomic E-state index is -0.229. The van der Waals surface area contributed by atoms with Crippen LogP contribution >= 0.6 is 0 Å². The second kappa shape index (κ2) is 5.95. The second-order valence-corrected chi connectivity index (χ2v) is 3.52. The van der Waals surface area contributed by atoms with E-state index in [2.05, 4.69) is 4.98 Å². The SMILES string of the molecule is C/C=C(\C=C(/C)F)Cc1cncc(C=O)c1. The highest BCUT2D eigenvalue weighted by atomic mass is 19.1. The van der Waals surface area contributed by atoms with Gasteiger partial charge in [0.25, 0.3) is 0 Å². The van der Waals surface area contributed by atoms with Crippen LogP contribution in [0.1, 0.15) is 29.8 Å². The van der Waals surface area contributed by atoms with E-state index in [1.807, 2.05) is 13.0 Å². The highest BCUT2D eigenvalue weighted by molar-refractivity contribution is 5.74. The van der Waals surface area contributed by atoms with E-state index in [4.69, 9.17) is 0 Å². The van der Waals surface area contributed by atoms with Gasteiger partial charge in [0.2, 0.25) is 0 Å². The van der Waals surface area contributed by atoms with Gasteiger partial charge in [-0.05, 0) is 43.5 Å². The molecule has 0 aliphatic heterocycles. The molecule has 0 amide bonds. The van der Waals surface area contributed by atoms with Gasteiger partial charge >= 0.3 is 0 Å². The number of allylic oxidation sites excluding steroid dienone is 4. The van der Waals surface area contributed by atoms with Crippen LogP contribution in [0.4, 0.5) is 4.39 Å². The smallest absolute Gasteiger partial charge is 0.151 e. The van der Waals surface area contributed by atoms with Crippen molar-refractivity contribution < 1.29 is 9.18 Å². The normalized spacial score (nSPS) is 12.7. The number of pyridine rings is 1. The average molecular weight is 219 g/mol. The predicted octanol–water partition coefficient (Wildman–Crippen LogP) is 3.26. The number of hydrogen-bond donors (Lipinski definition) is 0. The third-order valence-electron chi connectivity index (χ3n) is 2.12. The van der Waals surface area contributed by atoms with E-state index < -0.39 is 0 Å². The van der Waals surface area contributed by atoms with Gasteiger partial charge in [-0.1, -0.05) is 6.08 Å². The Morgan fingerprint density at radius 1 is 1.50 bits per heavy atom. The van der Waals surface area contributed by atoms with Gasteiger partial charge in [0, 0.05) is 18.0 Å². The van der Waals surface area contributed by atoms with E-state index in [-0.39, 0.29) is 5.83 Å². The largest absolute Gasteiger partial charge is 0.298 e. The van der Waals surface area contributed by atoms with Crippen molar-refractivity contribution in [3.63, 3.8) is 0 Å². The number of carbonyl (C=O) groups excluding carboxylic acids is 1. The van der Waals surface area contributed by atoms with Gasteiger partial charge in [0.15, 0.2) is 6.29 Å². The zero-order valence-electron chi connectivity index (χ0n) is 9.40. The van der Waals surface area contributed by atoms with Crippen LogP contribution in [0.25, 0.3) is 0 Å². The molecule has 0 fully saturated rings. The van der Waals surface area contributed by atoms with Crippen molar-refractivity contribution in [1.29, 1.82) is 0 Å². The molecule has 0 N–H and O–H groups in total. The van der Waals surface area contributed by atoms with Crippen molar-refractivity contribution >= 4 is 6.29 Å². The predicted molar refractivity (Wildman–Crippen MR) is 62.0 cm³/mol. The summed E-state index contributed by atoms with van der Waals surface area (Å²) in [7, 11) is 0. The van der Waals surface area contributed by atoms with Crippen molar-refractivity contribution in [2.24, 2.45) is 0 Å². The van der Waals surface area contributed by atoms with E-state index >= 15 is 0 Å². The fourth-order valence-electron chi connectivity index (χ4n) is 1.40. The lowest BCUT2D eigenvalue weighted by Gasteiger charge is -2.02. The fourth-order valence-corrected chi connectivity index (χ4v) is 1.40. The fraction of sp³-hybridized carbons (Fsp3) is 0.231. The highest BCUT2D eigenvalue weighted by Gasteiger charge is 1.99. The number of halogens is 1. The van der Waals surface area contributed by atoms with Crippen molar-refractivity contribution in [3.05, 3.63) is 53.1 Å². The van der Waals surface area contributed by atoms with E-state index in [1.54, 1.807) is 12.3 Å². The lowest BCUT2D eigenvalue weighted by Crippen LogP contribution is -1.92. The molecule has 0 spiro atoms. The molecular formula is C13H14FNO. The summed E-state index contributed by atoms with van der Waals surface area (Å²) < 4.78 is 12.7. The first-order chi connectivity index (χ1) is 7.65. The lowest BCUT2D eigenvalue weighted by molar-refractivity contribution is 0.112. The quantitative estimate of drug-likeness (QED) is 0.574. The molecule has 0 aliphatic carbocycles. The Balaban J connectivity index is 2.86. The van der Waals surface area contributed by atoms with Crippen molar-refractivity contribution in [2.45, 2.75) is 20.3 Å². The molecule has 0 atom stereocenters. The van der Waals surface area contributed by atoms with Crippen LogP contribution in [0.2, 0.25) is 0 Å². The monoisotopic (exact) mass is 219 g/mol. The van der Waals surface area contributed by atoms with E-state index in [1.165, 1.54) is 19.2 Å². The number of hydrogen-bond acceptors (Lipinski definition) is 2. The van der Waals surface area contributed by atoms with E-state index in [0.29, 0.717) is 12.0 Å². The minimum absolute atomic E-state index is 0.229. The first-order valence-electron chi connectivity index (χ1n) is 5.03. The van der Waals surface area contributed by atoms with Crippen molar-refractivity contribution in [3.8, 4) is 0 Å². The third kappa shape index (κ3) is 3.77. The maximum atomic E-state index is 12.7. The Bertz CT molecular complexity index is 431. The van der Waals surface area contributed by atoms with Gasteiger partial charge in [-0.15, -0.1) is 0 Å². The van der Waals surface area contributed by atoms with Crippen LogP contribution in [0, 0.1) is 0 Å². The highest BCUT2D eigenvalue weighted by Crippen LogP contribution is 2.12. The molecule has 0 saturated heterocycles. The van der Waals surface area contributed by atoms with Gasteiger partial charge in [0.1, 0.15) is 0 Å². The standard InChI is InChI=1S/C13H14FNO/c1-3-11(4-10(2)14)5-12-6-13(9-16)8-15-7-12/h3-4,6-9H,5H2,1-2H3/b10-4+,11-3+. The van der Waals surface area contributed by atoms with Gasteiger partial charge in [-0.25, -0.2) is 4.39 Å². The Hall–Kier alpha value is -1.77. The van der Waals surface area contributed by atoms with Crippen molar-refractivity contribution in [1.82, 2.24) is 4.98 Å². The molecule has 3 heteroatoms. The lowest BCUT2D eigenvalue weighted by atomic mass is 10.0. The minimum Gasteiger partial charge on any atom is -0.298 e. The average Bonchev–Trinajstić information content (AvgIpc) is 2.28. The maximum absolute atomic E-state index is 12.7. The number of aromatic nitrogens is 1. The summed E-state index contributed by atoms with van der Waals surface area (Å²) in [6.07, 6.45) is 7.83. The third-order valence-corrected chi connectivity index (χ3v) is 2.12. The summed E-state index contributed by atoms with van der Waals surface area (Å²) in [5.41, 5.74) is 2.30. The summed E-state index contributed by atoms with van der Waals surface area (Å²) >= 11 is 0. The van der Waals surface area contributed by atoms with Crippen molar-refractivity contribution in [2.75, 3.05) is 0 Å². The summed E-state index contributed by atoms with van der Waals surface area (Å²) in [4.78, 5) is 14.5. The molecule has 1 heterocycles.